The number of nitrogens with zero attached hydrogens (tertiary/aromatic N) is 2. The molecular formula is C21H16FN3O2S. The van der Waals surface area contributed by atoms with Crippen molar-refractivity contribution in [1.82, 2.24) is 10.1 Å². The van der Waals surface area contributed by atoms with E-state index in [2.05, 4.69) is 27.8 Å². The van der Waals surface area contributed by atoms with Crippen molar-refractivity contribution < 1.29 is 13.7 Å². The first-order chi connectivity index (χ1) is 13.4. The standard InChI is InChI=1S/C21H16FN3O2S/c1-11-7-14(4-5-15(11)17-10-28-9-12(17)2)21-24-20(25-27-21)13-3-6-16(19(23)26)18(22)8-13/h3-10H,1-2H3,(H2,23,26). The number of benzene rings is 2. The molecule has 1 amide bonds. The van der Waals surface area contributed by atoms with E-state index in [0.29, 0.717) is 11.5 Å². The number of carbonyl (C=O) groups excluding carboxylic acids is 1. The summed E-state index contributed by atoms with van der Waals surface area (Å²) in [6.07, 6.45) is 0. The molecule has 0 atom stereocenters. The lowest BCUT2D eigenvalue weighted by atomic mass is 9.98. The summed E-state index contributed by atoms with van der Waals surface area (Å²) in [5.41, 5.74) is 10.8. The van der Waals surface area contributed by atoms with E-state index in [9.17, 15) is 9.18 Å². The van der Waals surface area contributed by atoms with Crippen LogP contribution >= 0.6 is 11.3 Å². The molecular weight excluding hydrogens is 377 g/mol. The molecule has 0 fully saturated rings. The van der Waals surface area contributed by atoms with E-state index in [1.807, 2.05) is 25.1 Å². The fourth-order valence-electron chi connectivity index (χ4n) is 3.05. The molecule has 2 N–H and O–H groups in total. The molecule has 4 rings (SSSR count). The second-order valence-electron chi connectivity index (χ2n) is 6.48. The number of carbonyl (C=O) groups is 1. The average molecular weight is 393 g/mol. The van der Waals surface area contributed by atoms with Crippen molar-refractivity contribution in [3.05, 3.63) is 69.7 Å². The minimum Gasteiger partial charge on any atom is -0.366 e. The molecule has 0 aliphatic heterocycles. The van der Waals surface area contributed by atoms with Crippen LogP contribution in [-0.2, 0) is 0 Å². The molecule has 0 saturated carbocycles. The Bertz CT molecular complexity index is 1200. The van der Waals surface area contributed by atoms with Gasteiger partial charge in [-0.3, -0.25) is 4.79 Å². The van der Waals surface area contributed by atoms with Gasteiger partial charge in [-0.2, -0.15) is 16.3 Å². The van der Waals surface area contributed by atoms with Crippen LogP contribution in [0.4, 0.5) is 4.39 Å². The van der Waals surface area contributed by atoms with Crippen molar-refractivity contribution >= 4 is 17.2 Å². The van der Waals surface area contributed by atoms with Gasteiger partial charge in [-0.1, -0.05) is 17.3 Å². The molecule has 5 nitrogen and oxygen atoms in total. The Morgan fingerprint density at radius 2 is 1.82 bits per heavy atom. The summed E-state index contributed by atoms with van der Waals surface area (Å²) in [5, 5.41) is 8.18. The maximum atomic E-state index is 14.0. The van der Waals surface area contributed by atoms with Crippen LogP contribution < -0.4 is 5.73 Å². The van der Waals surface area contributed by atoms with Crippen LogP contribution in [0.5, 0.6) is 0 Å². The molecule has 140 valence electrons. The predicted octanol–water partition coefficient (Wildman–Crippen LogP) is 4.99. The number of thiophene rings is 1. The van der Waals surface area contributed by atoms with Gasteiger partial charge in [-0.05, 0) is 71.1 Å². The summed E-state index contributed by atoms with van der Waals surface area (Å²) in [4.78, 5) is 15.5. The van der Waals surface area contributed by atoms with E-state index in [-0.39, 0.29) is 11.4 Å². The van der Waals surface area contributed by atoms with Crippen LogP contribution in [0.15, 0.2) is 51.7 Å². The Hall–Kier alpha value is -3.32. The van der Waals surface area contributed by atoms with E-state index in [0.717, 1.165) is 16.7 Å². The summed E-state index contributed by atoms with van der Waals surface area (Å²) in [5.74, 6) is -0.969. The van der Waals surface area contributed by atoms with Crippen LogP contribution in [0, 0.1) is 19.7 Å². The molecule has 2 aromatic heterocycles. The monoisotopic (exact) mass is 393 g/mol. The van der Waals surface area contributed by atoms with Crippen molar-refractivity contribution in [3.8, 4) is 34.0 Å². The van der Waals surface area contributed by atoms with E-state index in [1.54, 1.807) is 11.3 Å². The number of rotatable bonds is 4. The van der Waals surface area contributed by atoms with Gasteiger partial charge in [0.05, 0.1) is 5.56 Å². The Kier molecular flexibility index (Phi) is 4.52. The van der Waals surface area contributed by atoms with Crippen LogP contribution in [-0.4, -0.2) is 16.0 Å². The molecule has 7 heteroatoms. The van der Waals surface area contributed by atoms with Gasteiger partial charge in [0.25, 0.3) is 11.8 Å². The fraction of sp³-hybridized carbons (Fsp3) is 0.0952. The number of aryl methyl sites for hydroxylation is 2. The third-order valence-corrected chi connectivity index (χ3v) is 5.40. The van der Waals surface area contributed by atoms with Gasteiger partial charge in [-0.25, -0.2) is 4.39 Å². The molecule has 0 aliphatic carbocycles. The smallest absolute Gasteiger partial charge is 0.258 e. The van der Waals surface area contributed by atoms with Gasteiger partial charge in [0, 0.05) is 11.1 Å². The second kappa shape index (κ2) is 7.01. The van der Waals surface area contributed by atoms with Crippen molar-refractivity contribution in [2.75, 3.05) is 0 Å². The molecule has 4 aromatic rings. The first kappa shape index (κ1) is 18.1. The van der Waals surface area contributed by atoms with Crippen molar-refractivity contribution in [2.24, 2.45) is 5.73 Å². The second-order valence-corrected chi connectivity index (χ2v) is 7.22. The van der Waals surface area contributed by atoms with Crippen molar-refractivity contribution in [1.29, 1.82) is 0 Å². The maximum absolute atomic E-state index is 14.0. The predicted molar refractivity (Wildman–Crippen MR) is 106 cm³/mol. The first-order valence-electron chi connectivity index (χ1n) is 8.51. The first-order valence-corrected chi connectivity index (χ1v) is 9.46. The Morgan fingerprint density at radius 3 is 2.46 bits per heavy atom. The van der Waals surface area contributed by atoms with E-state index in [4.69, 9.17) is 10.3 Å². The third-order valence-electron chi connectivity index (χ3n) is 4.54. The summed E-state index contributed by atoms with van der Waals surface area (Å²) in [7, 11) is 0. The summed E-state index contributed by atoms with van der Waals surface area (Å²) in [6, 6.07) is 9.96. The normalized spacial score (nSPS) is 11.0. The minimum absolute atomic E-state index is 0.178. The molecule has 2 heterocycles. The van der Waals surface area contributed by atoms with Gasteiger partial charge in [0.2, 0.25) is 5.82 Å². The highest BCUT2D eigenvalue weighted by molar-refractivity contribution is 7.08. The molecule has 2 aromatic carbocycles. The number of hydrogen-bond donors (Lipinski definition) is 1. The molecule has 0 radical (unpaired) electrons. The van der Waals surface area contributed by atoms with Gasteiger partial charge in [-0.15, -0.1) is 0 Å². The van der Waals surface area contributed by atoms with E-state index >= 15 is 0 Å². The SMILES string of the molecule is Cc1cc(-c2nc(-c3ccc(C(N)=O)c(F)c3)no2)ccc1-c1cscc1C. The van der Waals surface area contributed by atoms with Gasteiger partial charge in [0.1, 0.15) is 5.82 Å². The topological polar surface area (TPSA) is 82.0 Å². The lowest BCUT2D eigenvalue weighted by Gasteiger charge is -2.06. The number of aromatic nitrogens is 2. The molecule has 0 unspecified atom stereocenters. The van der Waals surface area contributed by atoms with Gasteiger partial charge in [0.15, 0.2) is 0 Å². The van der Waals surface area contributed by atoms with Gasteiger partial charge >= 0.3 is 0 Å². The summed E-state index contributed by atoms with van der Waals surface area (Å²) >= 11 is 1.67. The highest BCUT2D eigenvalue weighted by Crippen LogP contribution is 2.32. The quantitative estimate of drug-likeness (QED) is 0.530. The number of halogens is 1. The fourth-order valence-corrected chi connectivity index (χ4v) is 3.90. The number of nitrogens with two attached hydrogens (primary N) is 1. The van der Waals surface area contributed by atoms with E-state index < -0.39 is 11.7 Å². The molecule has 28 heavy (non-hydrogen) atoms. The molecule has 0 spiro atoms. The largest absolute Gasteiger partial charge is 0.366 e. The average Bonchev–Trinajstić information content (AvgIpc) is 3.30. The highest BCUT2D eigenvalue weighted by Gasteiger charge is 2.15. The maximum Gasteiger partial charge on any atom is 0.258 e. The van der Waals surface area contributed by atoms with Crippen LogP contribution in [0.25, 0.3) is 34.0 Å². The van der Waals surface area contributed by atoms with Crippen LogP contribution in [0.2, 0.25) is 0 Å². The zero-order chi connectivity index (χ0) is 19.8. The lowest BCUT2D eigenvalue weighted by molar-refractivity contribution is 0.0996. The number of amides is 1. The number of hydrogen-bond acceptors (Lipinski definition) is 5. The number of primary amides is 1. The molecule has 0 bridgehead atoms. The summed E-state index contributed by atoms with van der Waals surface area (Å²) < 4.78 is 19.4. The highest BCUT2D eigenvalue weighted by atomic mass is 32.1. The van der Waals surface area contributed by atoms with Crippen LogP contribution in [0.3, 0.4) is 0 Å². The molecule has 0 saturated heterocycles. The van der Waals surface area contributed by atoms with Gasteiger partial charge < -0.3 is 10.3 Å². The summed E-state index contributed by atoms with van der Waals surface area (Å²) in [6.45, 7) is 4.12. The van der Waals surface area contributed by atoms with E-state index in [1.165, 1.54) is 29.3 Å². The Labute approximate surface area is 164 Å². The van der Waals surface area contributed by atoms with Crippen molar-refractivity contribution in [2.45, 2.75) is 13.8 Å². The Balaban J connectivity index is 1.66. The lowest BCUT2D eigenvalue weighted by Crippen LogP contribution is -2.12. The van der Waals surface area contributed by atoms with Crippen molar-refractivity contribution in [3.63, 3.8) is 0 Å². The molecule has 0 aliphatic rings. The Morgan fingerprint density at radius 1 is 1.04 bits per heavy atom. The zero-order valence-electron chi connectivity index (χ0n) is 15.2. The van der Waals surface area contributed by atoms with Crippen LogP contribution in [0.1, 0.15) is 21.5 Å². The minimum atomic E-state index is -0.825. The zero-order valence-corrected chi connectivity index (χ0v) is 16.0. The third kappa shape index (κ3) is 3.20.